The molecule has 1 amide bonds. The summed E-state index contributed by atoms with van der Waals surface area (Å²) < 4.78 is 0.969. The standard InChI is InChI=1S/C14H18N4OS/c1-17(2)9-4-6-18(8-9)14(19)13-12(15)10-3-5-16-7-11(10)20-13/h3,5,7,9H,4,6,8,15H2,1-2H3. The van der Waals surface area contributed by atoms with Gasteiger partial charge in [0.2, 0.25) is 0 Å². The van der Waals surface area contributed by atoms with Gasteiger partial charge in [-0.2, -0.15) is 0 Å². The molecule has 1 aliphatic rings. The second kappa shape index (κ2) is 5.03. The molecular weight excluding hydrogens is 272 g/mol. The van der Waals surface area contributed by atoms with Crippen molar-refractivity contribution in [2.24, 2.45) is 0 Å². The van der Waals surface area contributed by atoms with Crippen LogP contribution in [0.25, 0.3) is 10.1 Å². The molecule has 0 aromatic carbocycles. The van der Waals surface area contributed by atoms with E-state index in [1.54, 1.807) is 12.4 Å². The second-order valence-electron chi connectivity index (χ2n) is 5.37. The molecule has 1 atom stereocenters. The molecule has 2 aromatic rings. The van der Waals surface area contributed by atoms with Crippen LogP contribution in [-0.2, 0) is 0 Å². The van der Waals surface area contributed by atoms with Gasteiger partial charge in [-0.25, -0.2) is 0 Å². The Bertz CT molecular complexity index is 652. The SMILES string of the molecule is CN(C)C1CCN(C(=O)c2sc3cnccc3c2N)C1. The maximum absolute atomic E-state index is 12.6. The van der Waals surface area contributed by atoms with E-state index in [1.165, 1.54) is 11.3 Å². The molecule has 5 nitrogen and oxygen atoms in total. The zero-order valence-corrected chi connectivity index (χ0v) is 12.5. The van der Waals surface area contributed by atoms with E-state index in [0.717, 1.165) is 29.6 Å². The van der Waals surface area contributed by atoms with Crippen molar-refractivity contribution in [3.05, 3.63) is 23.3 Å². The van der Waals surface area contributed by atoms with E-state index in [0.29, 0.717) is 16.6 Å². The Kier molecular flexibility index (Phi) is 3.35. The lowest BCUT2D eigenvalue weighted by atomic mass is 10.2. The highest BCUT2D eigenvalue weighted by Gasteiger charge is 2.30. The van der Waals surface area contributed by atoms with Crippen molar-refractivity contribution >= 4 is 33.0 Å². The van der Waals surface area contributed by atoms with Gasteiger partial charge in [-0.1, -0.05) is 0 Å². The fraction of sp³-hybridized carbons (Fsp3) is 0.429. The number of pyridine rings is 1. The minimum Gasteiger partial charge on any atom is -0.397 e. The Labute approximate surface area is 122 Å². The number of thiophene rings is 1. The molecule has 3 heterocycles. The van der Waals surface area contributed by atoms with Crippen molar-refractivity contribution < 1.29 is 4.79 Å². The van der Waals surface area contributed by atoms with Crippen LogP contribution in [0.2, 0.25) is 0 Å². The van der Waals surface area contributed by atoms with E-state index in [4.69, 9.17) is 5.73 Å². The van der Waals surface area contributed by atoms with Crippen LogP contribution in [0.3, 0.4) is 0 Å². The van der Waals surface area contributed by atoms with Crippen LogP contribution >= 0.6 is 11.3 Å². The first-order valence-electron chi connectivity index (χ1n) is 6.65. The first-order chi connectivity index (χ1) is 9.58. The number of rotatable bonds is 2. The number of nitrogens with zero attached hydrogens (tertiary/aromatic N) is 3. The van der Waals surface area contributed by atoms with E-state index in [2.05, 4.69) is 24.0 Å². The molecule has 20 heavy (non-hydrogen) atoms. The van der Waals surface area contributed by atoms with Crippen LogP contribution in [0, 0.1) is 0 Å². The zero-order valence-electron chi connectivity index (χ0n) is 11.7. The van der Waals surface area contributed by atoms with Crippen LogP contribution in [0.4, 0.5) is 5.69 Å². The van der Waals surface area contributed by atoms with E-state index in [1.807, 2.05) is 11.0 Å². The summed E-state index contributed by atoms with van der Waals surface area (Å²) >= 11 is 1.44. The molecular formula is C14H18N4OS. The number of nitrogen functional groups attached to an aromatic ring is 1. The Morgan fingerprint density at radius 2 is 2.35 bits per heavy atom. The van der Waals surface area contributed by atoms with E-state index < -0.39 is 0 Å². The Hall–Kier alpha value is -1.66. The number of hydrogen-bond donors (Lipinski definition) is 1. The number of carbonyl (C=O) groups excluding carboxylic acids is 1. The number of fused-ring (bicyclic) bond motifs is 1. The smallest absolute Gasteiger partial charge is 0.266 e. The van der Waals surface area contributed by atoms with Crippen molar-refractivity contribution in [1.82, 2.24) is 14.8 Å². The molecule has 1 fully saturated rings. The van der Waals surface area contributed by atoms with Gasteiger partial charge in [-0.3, -0.25) is 9.78 Å². The maximum Gasteiger partial charge on any atom is 0.266 e. The third kappa shape index (κ3) is 2.14. The molecule has 2 aromatic heterocycles. The Morgan fingerprint density at radius 3 is 3.00 bits per heavy atom. The minimum absolute atomic E-state index is 0.0491. The third-order valence-corrected chi connectivity index (χ3v) is 5.05. The van der Waals surface area contributed by atoms with Gasteiger partial charge in [0.15, 0.2) is 0 Å². The van der Waals surface area contributed by atoms with Gasteiger partial charge in [0.05, 0.1) is 10.4 Å². The summed E-state index contributed by atoms with van der Waals surface area (Å²) in [5.41, 5.74) is 6.72. The molecule has 6 heteroatoms. The lowest BCUT2D eigenvalue weighted by molar-refractivity contribution is 0.0789. The Balaban J connectivity index is 1.88. The van der Waals surface area contributed by atoms with Crippen LogP contribution in [0.1, 0.15) is 16.1 Å². The number of hydrogen-bond acceptors (Lipinski definition) is 5. The van der Waals surface area contributed by atoms with Crippen molar-refractivity contribution in [1.29, 1.82) is 0 Å². The highest BCUT2D eigenvalue weighted by molar-refractivity contribution is 7.21. The molecule has 0 spiro atoms. The van der Waals surface area contributed by atoms with Crippen molar-refractivity contribution in [2.45, 2.75) is 12.5 Å². The first-order valence-corrected chi connectivity index (χ1v) is 7.47. The van der Waals surface area contributed by atoms with E-state index in [9.17, 15) is 4.79 Å². The lowest BCUT2D eigenvalue weighted by Gasteiger charge is -2.20. The fourth-order valence-corrected chi connectivity index (χ4v) is 3.68. The summed E-state index contributed by atoms with van der Waals surface area (Å²) in [5.74, 6) is 0.0491. The van der Waals surface area contributed by atoms with E-state index in [-0.39, 0.29) is 5.91 Å². The summed E-state index contributed by atoms with van der Waals surface area (Å²) in [6.07, 6.45) is 4.49. The molecule has 3 rings (SSSR count). The van der Waals surface area contributed by atoms with Gasteiger partial charge >= 0.3 is 0 Å². The summed E-state index contributed by atoms with van der Waals surface area (Å²) in [5, 5.41) is 0.928. The van der Waals surface area contributed by atoms with Crippen molar-refractivity contribution in [3.63, 3.8) is 0 Å². The molecule has 1 saturated heterocycles. The number of anilines is 1. The highest BCUT2D eigenvalue weighted by Crippen LogP contribution is 2.34. The van der Waals surface area contributed by atoms with Gasteiger partial charge in [0, 0.05) is 36.9 Å². The number of aromatic nitrogens is 1. The van der Waals surface area contributed by atoms with E-state index >= 15 is 0 Å². The Morgan fingerprint density at radius 1 is 1.55 bits per heavy atom. The lowest BCUT2D eigenvalue weighted by Crippen LogP contribution is -2.34. The highest BCUT2D eigenvalue weighted by atomic mass is 32.1. The molecule has 2 N–H and O–H groups in total. The zero-order chi connectivity index (χ0) is 14.3. The molecule has 1 aliphatic heterocycles. The summed E-state index contributed by atoms with van der Waals surface area (Å²) in [7, 11) is 4.11. The van der Waals surface area contributed by atoms with Crippen LogP contribution in [0.15, 0.2) is 18.5 Å². The fourth-order valence-electron chi connectivity index (χ4n) is 2.62. The first kappa shape index (κ1) is 13.3. The van der Waals surface area contributed by atoms with Crippen molar-refractivity contribution in [3.8, 4) is 0 Å². The summed E-state index contributed by atoms with van der Waals surface area (Å²) in [4.78, 5) is 21.4. The summed E-state index contributed by atoms with van der Waals surface area (Å²) in [6.45, 7) is 1.57. The molecule has 0 bridgehead atoms. The predicted octanol–water partition coefficient (Wildman–Crippen LogP) is 1.65. The molecule has 0 saturated carbocycles. The van der Waals surface area contributed by atoms with Gasteiger partial charge in [-0.05, 0) is 26.6 Å². The van der Waals surface area contributed by atoms with Gasteiger partial charge in [-0.15, -0.1) is 11.3 Å². The average Bonchev–Trinajstić information content (AvgIpc) is 3.04. The molecule has 0 radical (unpaired) electrons. The average molecular weight is 290 g/mol. The number of carbonyl (C=O) groups is 1. The molecule has 1 unspecified atom stereocenters. The number of likely N-dealkylation sites (tertiary alicyclic amines) is 1. The molecule has 106 valence electrons. The van der Waals surface area contributed by atoms with Crippen LogP contribution in [0.5, 0.6) is 0 Å². The topological polar surface area (TPSA) is 62.5 Å². The monoisotopic (exact) mass is 290 g/mol. The number of amides is 1. The number of likely N-dealkylation sites (N-methyl/N-ethyl adjacent to an activating group) is 1. The normalized spacial score (nSPS) is 19.1. The quantitative estimate of drug-likeness (QED) is 0.913. The van der Waals surface area contributed by atoms with Crippen molar-refractivity contribution in [2.75, 3.05) is 32.9 Å². The second-order valence-corrected chi connectivity index (χ2v) is 6.43. The van der Waals surface area contributed by atoms with Gasteiger partial charge < -0.3 is 15.5 Å². The number of nitrogens with two attached hydrogens (primary N) is 1. The summed E-state index contributed by atoms with van der Waals surface area (Å²) in [6, 6.07) is 2.31. The maximum atomic E-state index is 12.6. The molecule has 0 aliphatic carbocycles. The minimum atomic E-state index is 0.0491. The van der Waals surface area contributed by atoms with Gasteiger partial charge in [0.25, 0.3) is 5.91 Å². The van der Waals surface area contributed by atoms with Crippen LogP contribution in [-0.4, -0.2) is 53.9 Å². The third-order valence-electron chi connectivity index (χ3n) is 3.91. The van der Waals surface area contributed by atoms with Crippen LogP contribution < -0.4 is 5.73 Å². The largest absolute Gasteiger partial charge is 0.397 e. The van der Waals surface area contributed by atoms with Gasteiger partial charge in [0.1, 0.15) is 4.88 Å². The predicted molar refractivity (Wildman–Crippen MR) is 82.0 cm³/mol.